The number of primary amides is 1. The molecular formula is C48H68N6O11. The lowest BCUT2D eigenvalue weighted by Crippen LogP contribution is -2.54. The van der Waals surface area contributed by atoms with Crippen LogP contribution in [0.3, 0.4) is 0 Å². The second kappa shape index (κ2) is 27.2. The predicted molar refractivity (Wildman–Crippen MR) is 247 cm³/mol. The number of carbonyl (C=O) groups excluding carboxylic acids is 5. The first kappa shape index (κ1) is 53.1. The Bertz CT molecular complexity index is 1960. The van der Waals surface area contributed by atoms with Crippen molar-refractivity contribution in [1.82, 2.24) is 21.3 Å². The molecule has 1 fully saturated rings. The number of aliphatic hydroxyl groups excluding tert-OH is 1. The maximum Gasteiger partial charge on any atom is 0.408 e. The summed E-state index contributed by atoms with van der Waals surface area (Å²) in [5.74, 6) is -1.93. The lowest BCUT2D eigenvalue weighted by atomic mass is 9.87. The fraction of sp³-hybridized carbons (Fsp3) is 0.500. The van der Waals surface area contributed by atoms with E-state index in [4.69, 9.17) is 19.9 Å². The van der Waals surface area contributed by atoms with E-state index < -0.39 is 66.3 Å². The number of amides is 6. The summed E-state index contributed by atoms with van der Waals surface area (Å²) in [4.78, 5) is 73.7. The van der Waals surface area contributed by atoms with E-state index in [0.717, 1.165) is 17.6 Å². The van der Waals surface area contributed by atoms with Crippen LogP contribution in [0.25, 0.3) is 0 Å². The summed E-state index contributed by atoms with van der Waals surface area (Å²) >= 11 is 0. The number of allylic oxidation sites excluding steroid dienone is 7. The zero-order valence-electron chi connectivity index (χ0n) is 38.5. The number of nitrogens with one attached hydrogen (secondary N) is 5. The lowest BCUT2D eigenvalue weighted by Gasteiger charge is -2.39. The molecule has 9 N–H and O–H groups in total. The van der Waals surface area contributed by atoms with Crippen LogP contribution >= 0.6 is 0 Å². The Morgan fingerprint density at radius 1 is 1.02 bits per heavy atom. The number of benzene rings is 1. The molecule has 0 spiro atoms. The molecule has 9 atom stereocenters. The number of carbonyl (C=O) groups is 6. The Kier molecular flexibility index (Phi) is 22.2. The number of nitrogens with two attached hydrogens (primary N) is 1. The van der Waals surface area contributed by atoms with Gasteiger partial charge in [-0.1, -0.05) is 99.6 Å². The molecule has 1 aromatic rings. The molecule has 0 aromatic heterocycles. The Morgan fingerprint density at radius 2 is 1.74 bits per heavy atom. The molecule has 1 aromatic carbocycles. The normalized spacial score (nSPS) is 22.2. The van der Waals surface area contributed by atoms with Gasteiger partial charge in [0.05, 0.1) is 24.4 Å². The van der Waals surface area contributed by atoms with Gasteiger partial charge in [-0.25, -0.2) is 19.2 Å². The number of hydrogen-bond donors (Lipinski definition) is 8. The topological polar surface area (TPSA) is 257 Å². The number of hydrogen-bond acceptors (Lipinski definition) is 10. The number of anilines is 1. The van der Waals surface area contributed by atoms with Gasteiger partial charge in [0.25, 0.3) is 0 Å². The third-order valence-corrected chi connectivity index (χ3v) is 10.8. The molecule has 356 valence electrons. The molecule has 2 aliphatic rings. The van der Waals surface area contributed by atoms with Crippen LogP contribution in [0.5, 0.6) is 0 Å². The minimum Gasteiger partial charge on any atom is -0.465 e. The Balaban J connectivity index is 1.66. The van der Waals surface area contributed by atoms with Crippen molar-refractivity contribution in [2.75, 3.05) is 11.9 Å². The summed E-state index contributed by atoms with van der Waals surface area (Å²) in [7, 11) is 0. The largest absolute Gasteiger partial charge is 0.465 e. The van der Waals surface area contributed by atoms with E-state index in [1.807, 2.05) is 76.3 Å². The molecule has 4 unspecified atom stereocenters. The molecule has 0 radical (unpaired) electrons. The van der Waals surface area contributed by atoms with Gasteiger partial charge in [0.2, 0.25) is 11.8 Å². The standard InChI is InChI=1S/C48H68N6O11/c1-8-12-40-33(7)39(55)27-41(65-40)37(15-9-13-30(4)25-32(6)26-31(5)18-23-36-14-10-17-42(56)64-36)53-48(62)63-28-34-19-21-35(22-20-34)51-44(57)38(16-11-24-50-46(49)59)52-45(58)43(29(2)3)54-47(60)61/h8-10,12-13,15,17-23,26,29,32-33,36-41,43,54-55H,11,14,16,24-25,27-28H2,1-7H3,(H,51,57)(H,52,58)(H,53,62)(H,60,61)(H3,49,50,59)/b12-8+,15-9+,23-18+,30-13+,31-26-/t32?,33-,36+,37?,38?,39+,40-,41-,43?/m0/s1. The molecule has 65 heavy (non-hydrogen) atoms. The fourth-order valence-corrected chi connectivity index (χ4v) is 7.31. The fourth-order valence-electron chi connectivity index (χ4n) is 7.31. The number of carboxylic acid groups (broad SMARTS) is 1. The molecular weight excluding hydrogens is 837 g/mol. The van der Waals surface area contributed by atoms with Crippen molar-refractivity contribution in [3.05, 3.63) is 102 Å². The number of cyclic esters (lactones) is 1. The van der Waals surface area contributed by atoms with Crippen LogP contribution in [-0.2, 0) is 35.2 Å². The minimum atomic E-state index is -1.38. The second-order valence-corrected chi connectivity index (χ2v) is 16.9. The zero-order chi connectivity index (χ0) is 48.1. The van der Waals surface area contributed by atoms with Gasteiger partial charge < -0.3 is 56.7 Å². The number of esters is 1. The van der Waals surface area contributed by atoms with E-state index in [0.29, 0.717) is 17.7 Å². The quantitative estimate of drug-likeness (QED) is 0.0286. The summed E-state index contributed by atoms with van der Waals surface area (Å²) in [5.41, 5.74) is 8.29. The van der Waals surface area contributed by atoms with Gasteiger partial charge in [-0.05, 0) is 75.6 Å². The van der Waals surface area contributed by atoms with E-state index in [1.54, 1.807) is 38.1 Å². The number of rotatable bonds is 22. The van der Waals surface area contributed by atoms with Crippen molar-refractivity contribution in [2.24, 2.45) is 23.5 Å². The highest BCUT2D eigenvalue weighted by Gasteiger charge is 2.37. The smallest absolute Gasteiger partial charge is 0.408 e. The number of urea groups is 1. The molecule has 0 aliphatic carbocycles. The molecule has 1 saturated heterocycles. The number of ether oxygens (including phenoxy) is 3. The average Bonchev–Trinajstić information content (AvgIpc) is 3.23. The van der Waals surface area contributed by atoms with Crippen LogP contribution in [0.2, 0.25) is 0 Å². The molecule has 2 heterocycles. The lowest BCUT2D eigenvalue weighted by molar-refractivity contribution is -0.141. The number of alkyl carbamates (subject to hydrolysis) is 1. The SMILES string of the molecule is C/C=C/[C@@H]1O[C@H](C(/C=C/C=C(\C)CC(C)/C=C(C)\C=C\[C@H]2CC=CC(=O)O2)NC(=O)OCc2ccc(NC(=O)C(CCCNC(N)=O)NC(=O)C(NC(=O)O)C(C)C)cc2)C[C@@H](O)[C@@H]1C. The third kappa shape index (κ3) is 19.6. The van der Waals surface area contributed by atoms with Crippen LogP contribution in [-0.4, -0.2) is 95.3 Å². The average molecular weight is 905 g/mol. The molecule has 3 rings (SSSR count). The van der Waals surface area contributed by atoms with Crippen LogP contribution < -0.4 is 32.3 Å². The van der Waals surface area contributed by atoms with Crippen LogP contribution in [0, 0.1) is 17.8 Å². The Morgan fingerprint density at radius 3 is 2.38 bits per heavy atom. The maximum atomic E-state index is 13.4. The molecule has 2 aliphatic heterocycles. The van der Waals surface area contributed by atoms with Crippen molar-refractivity contribution >= 4 is 41.7 Å². The predicted octanol–water partition coefficient (Wildman–Crippen LogP) is 6.08. The minimum absolute atomic E-state index is 0.108. The van der Waals surface area contributed by atoms with Crippen molar-refractivity contribution in [1.29, 1.82) is 0 Å². The van der Waals surface area contributed by atoms with E-state index in [1.165, 1.54) is 6.08 Å². The first-order chi connectivity index (χ1) is 30.8. The van der Waals surface area contributed by atoms with Gasteiger partial charge in [-0.3, -0.25) is 9.59 Å². The van der Waals surface area contributed by atoms with Gasteiger partial charge in [0.1, 0.15) is 24.8 Å². The molecule has 17 nitrogen and oxygen atoms in total. The molecule has 0 bridgehead atoms. The van der Waals surface area contributed by atoms with Crippen LogP contribution in [0.15, 0.2) is 96.2 Å². The first-order valence-corrected chi connectivity index (χ1v) is 22.0. The van der Waals surface area contributed by atoms with E-state index in [9.17, 15) is 39.0 Å². The Labute approximate surface area is 382 Å². The summed E-state index contributed by atoms with van der Waals surface area (Å²) < 4.78 is 17.3. The van der Waals surface area contributed by atoms with Crippen molar-refractivity contribution in [3.8, 4) is 0 Å². The summed E-state index contributed by atoms with van der Waals surface area (Å²) in [5, 5.41) is 33.1. The summed E-state index contributed by atoms with van der Waals surface area (Å²) in [6, 6.07) is 2.95. The summed E-state index contributed by atoms with van der Waals surface area (Å²) in [6.45, 7) is 13.3. The van der Waals surface area contributed by atoms with Crippen LogP contribution in [0.4, 0.5) is 20.1 Å². The maximum absolute atomic E-state index is 13.4. The molecule has 0 saturated carbocycles. The first-order valence-electron chi connectivity index (χ1n) is 22.0. The monoisotopic (exact) mass is 904 g/mol. The highest BCUT2D eigenvalue weighted by molar-refractivity contribution is 5.98. The highest BCUT2D eigenvalue weighted by atomic mass is 16.6. The highest BCUT2D eigenvalue weighted by Crippen LogP contribution is 2.29. The second-order valence-electron chi connectivity index (χ2n) is 16.9. The van der Waals surface area contributed by atoms with Gasteiger partial charge in [0.15, 0.2) is 0 Å². The van der Waals surface area contributed by atoms with E-state index in [2.05, 4.69) is 39.6 Å². The van der Waals surface area contributed by atoms with Gasteiger partial charge in [-0.2, -0.15) is 0 Å². The van der Waals surface area contributed by atoms with E-state index in [-0.39, 0.29) is 62.4 Å². The van der Waals surface area contributed by atoms with Gasteiger partial charge >= 0.3 is 24.2 Å². The molecule has 17 heteroatoms. The third-order valence-electron chi connectivity index (χ3n) is 10.8. The van der Waals surface area contributed by atoms with Crippen molar-refractivity contribution in [2.45, 2.75) is 130 Å². The van der Waals surface area contributed by atoms with Crippen molar-refractivity contribution < 1.29 is 53.2 Å². The van der Waals surface area contributed by atoms with Gasteiger partial charge in [-0.15, -0.1) is 0 Å². The zero-order valence-corrected chi connectivity index (χ0v) is 38.5. The van der Waals surface area contributed by atoms with Crippen molar-refractivity contribution in [3.63, 3.8) is 0 Å². The molecule has 6 amide bonds. The van der Waals surface area contributed by atoms with E-state index >= 15 is 0 Å². The van der Waals surface area contributed by atoms with Crippen LogP contribution in [0.1, 0.15) is 86.1 Å². The Hall–Kier alpha value is -6.20. The number of aliphatic hydroxyl groups is 1. The summed E-state index contributed by atoms with van der Waals surface area (Å²) in [6.07, 6.45) is 16.8. The van der Waals surface area contributed by atoms with Gasteiger partial charge in [0, 0.05) is 37.1 Å².